The van der Waals surface area contributed by atoms with Gasteiger partial charge in [0.2, 0.25) is 0 Å². The second kappa shape index (κ2) is 7.76. The summed E-state index contributed by atoms with van der Waals surface area (Å²) in [7, 11) is -2.91. The molecule has 0 aliphatic carbocycles. The van der Waals surface area contributed by atoms with Crippen LogP contribution in [0, 0.1) is 0 Å². The normalized spacial score (nSPS) is 14.6. The highest BCUT2D eigenvalue weighted by atomic mass is 31.2. The Kier molecular flexibility index (Phi) is 8.69. The number of carbonyl (C=O) groups is 1. The van der Waals surface area contributed by atoms with Crippen molar-refractivity contribution < 1.29 is 33.6 Å². The molecule has 0 aromatic rings. The maximum absolute atomic E-state index is 10.4. The van der Waals surface area contributed by atoms with Crippen LogP contribution in [0.5, 0.6) is 0 Å². The van der Waals surface area contributed by atoms with Crippen LogP contribution in [0.15, 0.2) is 0 Å². The Morgan fingerprint density at radius 1 is 1.38 bits per heavy atom. The third-order valence-corrected chi connectivity index (χ3v) is 2.04. The first-order valence-electron chi connectivity index (χ1n) is 4.86. The number of quaternary nitrogens is 1. The van der Waals surface area contributed by atoms with Gasteiger partial charge >= 0.3 is 5.97 Å². The van der Waals surface area contributed by atoms with Crippen LogP contribution < -0.4 is 4.89 Å². The second-order valence-corrected chi connectivity index (χ2v) is 4.68. The Hall–Kier alpha value is -0.460. The van der Waals surface area contributed by atoms with E-state index < -0.39 is 13.8 Å². The zero-order chi connectivity index (χ0) is 13.4. The van der Waals surface area contributed by atoms with E-state index in [2.05, 4.69) is 6.92 Å². The molecule has 16 heavy (non-hydrogen) atoms. The molecule has 0 amide bonds. The van der Waals surface area contributed by atoms with Crippen LogP contribution in [0.1, 0.15) is 20.3 Å². The van der Waals surface area contributed by atoms with Gasteiger partial charge in [0.05, 0.1) is 20.1 Å². The molecule has 98 valence electrons. The zero-order valence-electron chi connectivity index (χ0n) is 9.79. The van der Waals surface area contributed by atoms with E-state index in [0.717, 1.165) is 19.5 Å². The van der Waals surface area contributed by atoms with Crippen LogP contribution in [-0.2, 0) is 9.36 Å². The highest BCUT2D eigenvalue weighted by Crippen LogP contribution is 2.18. The molecule has 0 aliphatic rings. The van der Waals surface area contributed by atoms with Gasteiger partial charge in [-0.1, -0.05) is 6.92 Å². The van der Waals surface area contributed by atoms with Crippen molar-refractivity contribution in [3.8, 4) is 0 Å². The fourth-order valence-corrected chi connectivity index (χ4v) is 1.22. The molecule has 0 heterocycles. The Morgan fingerprint density at radius 3 is 1.94 bits per heavy atom. The average Bonchev–Trinajstić information content (AvgIpc) is 2.00. The van der Waals surface area contributed by atoms with Crippen molar-refractivity contribution in [3.05, 3.63) is 0 Å². The lowest BCUT2D eigenvalue weighted by Crippen LogP contribution is -2.47. The Balaban J connectivity index is 0. The smallest absolute Gasteiger partial charge is 0.359 e. The van der Waals surface area contributed by atoms with E-state index in [0.29, 0.717) is 4.48 Å². The molecule has 1 atom stereocenters. The molecule has 0 fully saturated rings. The monoisotopic (exact) mass is 257 g/mol. The summed E-state index contributed by atoms with van der Waals surface area (Å²) in [4.78, 5) is 33.4. The number of rotatable bonds is 5. The van der Waals surface area contributed by atoms with Crippen LogP contribution >= 0.6 is 7.82 Å². The minimum absolute atomic E-state index is 0.240. The average molecular weight is 257 g/mol. The number of carboxylic acid groups (broad SMARTS) is 1. The van der Waals surface area contributed by atoms with Crippen molar-refractivity contribution in [2.75, 3.05) is 26.7 Å². The van der Waals surface area contributed by atoms with E-state index in [-0.39, 0.29) is 6.54 Å². The molecule has 1 unspecified atom stereocenters. The number of carboxylic acids is 1. The van der Waals surface area contributed by atoms with Crippen LogP contribution in [0.2, 0.25) is 0 Å². The number of nitrogens with zero attached hydrogens (tertiary/aromatic N) is 1. The molecule has 0 aliphatic heterocycles. The van der Waals surface area contributed by atoms with E-state index in [1.54, 1.807) is 0 Å². The number of aliphatic carboxylic acids is 1. The second-order valence-electron chi connectivity index (χ2n) is 3.70. The van der Waals surface area contributed by atoms with Crippen LogP contribution in [0.25, 0.3) is 0 Å². The lowest BCUT2D eigenvalue weighted by Gasteiger charge is -2.31. The van der Waals surface area contributed by atoms with E-state index >= 15 is 0 Å². The van der Waals surface area contributed by atoms with Crippen molar-refractivity contribution in [2.24, 2.45) is 0 Å². The van der Waals surface area contributed by atoms with E-state index in [1.807, 2.05) is 14.0 Å². The molecule has 0 saturated carbocycles. The maximum atomic E-state index is 10.4. The van der Waals surface area contributed by atoms with Crippen molar-refractivity contribution >= 4 is 13.8 Å². The summed E-state index contributed by atoms with van der Waals surface area (Å²) in [6.45, 7) is 6.18. The Bertz CT molecular complexity index is 245. The van der Waals surface area contributed by atoms with Crippen molar-refractivity contribution in [1.29, 1.82) is 0 Å². The van der Waals surface area contributed by atoms with Crippen molar-refractivity contribution in [1.82, 2.24) is 0 Å². The molecule has 0 aromatic heterocycles. The minimum atomic E-state index is -4.89. The third-order valence-electron chi connectivity index (χ3n) is 2.04. The van der Waals surface area contributed by atoms with Gasteiger partial charge in [-0.25, -0.2) is 4.79 Å². The first-order valence-corrected chi connectivity index (χ1v) is 6.39. The van der Waals surface area contributed by atoms with Crippen LogP contribution in [0.3, 0.4) is 0 Å². The lowest BCUT2D eigenvalue weighted by molar-refractivity contribution is -0.900. The van der Waals surface area contributed by atoms with Gasteiger partial charge in [0.1, 0.15) is 0 Å². The summed E-state index contributed by atoms with van der Waals surface area (Å²) in [6.07, 6.45) is 1.04. The third kappa shape index (κ3) is 16.0. The largest absolute Gasteiger partial charge is 0.756 e. The molecule has 3 N–H and O–H groups in total. The number of hydrogen-bond donors (Lipinski definition) is 3. The Morgan fingerprint density at radius 2 is 1.75 bits per heavy atom. The standard InChI is InChI=1S/C8H17NO2.H3O4P/c1-4-6-9(3,5-2)7-8(10)11;1-5(2,3)4/h4-7H2,1-3H3;(H3,1,2,3,4). The topological polar surface area (TPSA) is 118 Å². The lowest BCUT2D eigenvalue weighted by atomic mass is 10.3. The molecule has 0 radical (unpaired) electrons. The first kappa shape index (κ1) is 17.9. The van der Waals surface area contributed by atoms with Gasteiger partial charge in [-0.05, 0) is 13.3 Å². The van der Waals surface area contributed by atoms with Crippen LogP contribution in [0.4, 0.5) is 0 Å². The van der Waals surface area contributed by atoms with Gasteiger partial charge < -0.3 is 24.3 Å². The van der Waals surface area contributed by atoms with E-state index in [4.69, 9.17) is 24.4 Å². The SMILES string of the molecule is CCC[N+](C)(CC)CC(=O)O.O=P([O-])(O)O. The van der Waals surface area contributed by atoms with Gasteiger partial charge in [0, 0.05) is 0 Å². The summed E-state index contributed by atoms with van der Waals surface area (Å²) in [5.41, 5.74) is 0. The molecule has 8 heteroatoms. The number of hydrogen-bond acceptors (Lipinski definition) is 3. The van der Waals surface area contributed by atoms with Crippen molar-refractivity contribution in [2.45, 2.75) is 20.3 Å². The molecule has 7 nitrogen and oxygen atoms in total. The molecule has 0 rings (SSSR count). The molecule has 0 saturated heterocycles. The molecular formula is C8H20NO6P. The van der Waals surface area contributed by atoms with Gasteiger partial charge in [0.25, 0.3) is 7.82 Å². The van der Waals surface area contributed by atoms with Crippen molar-refractivity contribution in [3.63, 3.8) is 0 Å². The minimum Gasteiger partial charge on any atom is -0.756 e. The number of phosphoric acid groups is 1. The molecule has 0 bridgehead atoms. The van der Waals surface area contributed by atoms with Gasteiger partial charge in [-0.15, -0.1) is 0 Å². The fourth-order valence-electron chi connectivity index (χ4n) is 1.22. The molecule has 0 spiro atoms. The Labute approximate surface area is 95.2 Å². The first-order chi connectivity index (χ1) is 7.04. The zero-order valence-corrected chi connectivity index (χ0v) is 10.7. The van der Waals surface area contributed by atoms with Gasteiger partial charge in [0.15, 0.2) is 6.54 Å². The van der Waals surface area contributed by atoms with E-state index in [9.17, 15) is 4.79 Å². The number of likely N-dealkylation sites (N-methyl/N-ethyl adjacent to an activating group) is 1. The highest BCUT2D eigenvalue weighted by molar-refractivity contribution is 7.43. The summed E-state index contributed by atoms with van der Waals surface area (Å²) in [6, 6.07) is 0. The summed E-state index contributed by atoms with van der Waals surface area (Å²) in [5, 5.41) is 8.59. The fraction of sp³-hybridized carbons (Fsp3) is 0.875. The predicted octanol–water partition coefficient (Wildman–Crippen LogP) is -0.613. The van der Waals surface area contributed by atoms with Crippen LogP contribution in [-0.4, -0.2) is 52.0 Å². The van der Waals surface area contributed by atoms with Gasteiger partial charge in [-0.2, -0.15) is 0 Å². The summed E-state index contributed by atoms with van der Waals surface area (Å²) >= 11 is 0. The van der Waals surface area contributed by atoms with E-state index in [1.165, 1.54) is 0 Å². The maximum Gasteiger partial charge on any atom is 0.359 e. The summed E-state index contributed by atoms with van der Waals surface area (Å²) < 4.78 is 9.42. The highest BCUT2D eigenvalue weighted by Gasteiger charge is 2.21. The molecular weight excluding hydrogens is 237 g/mol. The summed E-state index contributed by atoms with van der Waals surface area (Å²) in [5.74, 6) is -0.706. The molecule has 0 aromatic carbocycles. The quantitative estimate of drug-likeness (QED) is 0.446. The van der Waals surface area contributed by atoms with Gasteiger partial charge in [-0.3, -0.25) is 4.57 Å². The predicted molar refractivity (Wildman–Crippen MR) is 56.4 cm³/mol.